The van der Waals surface area contributed by atoms with Crippen LogP contribution in [0.5, 0.6) is 0 Å². The first-order valence-corrected chi connectivity index (χ1v) is 10.0. The van der Waals surface area contributed by atoms with Crippen LogP contribution in [0.4, 0.5) is 0 Å². The summed E-state index contributed by atoms with van der Waals surface area (Å²) in [6, 6.07) is 16.2. The van der Waals surface area contributed by atoms with Crippen LogP contribution in [-0.4, -0.2) is 15.0 Å². The molecule has 0 fully saturated rings. The van der Waals surface area contributed by atoms with Crippen molar-refractivity contribution < 1.29 is 4.42 Å². The number of hydrogen-bond acceptors (Lipinski definition) is 2. The minimum atomic E-state index is -0.170. The first-order chi connectivity index (χ1) is 11.2. The van der Waals surface area contributed by atoms with Crippen LogP contribution in [0.2, 0.25) is 5.32 Å². The molecule has 0 unspecified atom stereocenters. The summed E-state index contributed by atoms with van der Waals surface area (Å²) in [5.74, 6) is 0. The molecule has 0 saturated carbocycles. The molecule has 1 heterocycles. The van der Waals surface area contributed by atoms with Gasteiger partial charge >= 0.3 is 142 Å². The molecule has 0 bridgehead atoms. The Balaban J connectivity index is 2.27. The molecular weight excluding hydrogens is 351 g/mol. The number of unbranched alkanes of at least 4 members (excludes halogenated alkanes) is 1. The van der Waals surface area contributed by atoms with E-state index in [0.717, 1.165) is 39.1 Å². The van der Waals surface area contributed by atoms with Crippen LogP contribution >= 0.6 is 0 Å². The van der Waals surface area contributed by atoms with E-state index in [9.17, 15) is 4.79 Å². The number of fused-ring (bicyclic) bond motifs is 1. The standard InChI is InChI=1S/C20H20O2Se/c1-3-4-12-23-19-18(15-8-6-5-7-9-15)16-13-14(2)10-11-17(16)22-20(19)21/h5-11,13H,3-4,12H2,1-2H3. The summed E-state index contributed by atoms with van der Waals surface area (Å²) in [7, 11) is 0. The Morgan fingerprint density at radius 1 is 1.09 bits per heavy atom. The Hall–Kier alpha value is -1.83. The van der Waals surface area contributed by atoms with E-state index in [1.165, 1.54) is 5.56 Å². The fourth-order valence-electron chi connectivity index (χ4n) is 2.64. The Bertz CT molecular complexity index is 866. The monoisotopic (exact) mass is 372 g/mol. The summed E-state index contributed by atoms with van der Waals surface area (Å²) in [5, 5.41) is 2.12. The van der Waals surface area contributed by atoms with Gasteiger partial charge in [-0.2, -0.15) is 0 Å². The molecule has 3 aromatic rings. The average Bonchev–Trinajstić information content (AvgIpc) is 2.56. The SMILES string of the molecule is CCCC[Se]c1c(-c2ccccc2)c2cc(C)ccc2oc1=O. The molecule has 0 atom stereocenters. The molecule has 0 saturated heterocycles. The van der Waals surface area contributed by atoms with Gasteiger partial charge < -0.3 is 0 Å². The van der Waals surface area contributed by atoms with E-state index < -0.39 is 0 Å². The Labute approximate surface area is 142 Å². The predicted octanol–water partition coefficient (Wildman–Crippen LogP) is 4.32. The molecule has 23 heavy (non-hydrogen) atoms. The fourth-order valence-corrected chi connectivity index (χ4v) is 5.09. The topological polar surface area (TPSA) is 30.2 Å². The summed E-state index contributed by atoms with van der Waals surface area (Å²) in [5.41, 5.74) is 3.85. The van der Waals surface area contributed by atoms with Crippen molar-refractivity contribution in [2.45, 2.75) is 32.0 Å². The van der Waals surface area contributed by atoms with Gasteiger partial charge in [0.15, 0.2) is 0 Å². The van der Waals surface area contributed by atoms with Crippen molar-refractivity contribution in [1.29, 1.82) is 0 Å². The van der Waals surface area contributed by atoms with Crippen LogP contribution in [0.25, 0.3) is 22.1 Å². The van der Waals surface area contributed by atoms with Crippen molar-refractivity contribution >= 4 is 30.4 Å². The second-order valence-electron chi connectivity index (χ2n) is 5.66. The van der Waals surface area contributed by atoms with Gasteiger partial charge in [-0.25, -0.2) is 0 Å². The first kappa shape index (κ1) is 16.0. The molecule has 0 amide bonds. The third-order valence-corrected chi connectivity index (χ3v) is 6.24. The molecule has 0 N–H and O–H groups in total. The molecule has 3 rings (SSSR count). The van der Waals surface area contributed by atoms with Gasteiger partial charge in [0.25, 0.3) is 0 Å². The summed E-state index contributed by atoms with van der Waals surface area (Å²) in [6.07, 6.45) is 2.31. The van der Waals surface area contributed by atoms with Crippen LogP contribution in [-0.2, 0) is 0 Å². The van der Waals surface area contributed by atoms with E-state index in [2.05, 4.69) is 32.0 Å². The van der Waals surface area contributed by atoms with Gasteiger partial charge in [0.1, 0.15) is 0 Å². The van der Waals surface area contributed by atoms with Crippen molar-refractivity contribution in [3.05, 3.63) is 64.5 Å². The molecular formula is C20H20O2Se. The van der Waals surface area contributed by atoms with Gasteiger partial charge in [-0.3, -0.25) is 0 Å². The van der Waals surface area contributed by atoms with Gasteiger partial charge in [0.2, 0.25) is 0 Å². The van der Waals surface area contributed by atoms with Crippen molar-refractivity contribution in [3.63, 3.8) is 0 Å². The minimum absolute atomic E-state index is 0.139. The Morgan fingerprint density at radius 2 is 1.87 bits per heavy atom. The number of rotatable bonds is 5. The predicted molar refractivity (Wildman–Crippen MR) is 97.8 cm³/mol. The maximum atomic E-state index is 12.6. The van der Waals surface area contributed by atoms with E-state index in [-0.39, 0.29) is 20.6 Å². The number of benzene rings is 2. The van der Waals surface area contributed by atoms with Crippen LogP contribution in [0.15, 0.2) is 57.7 Å². The Morgan fingerprint density at radius 3 is 2.61 bits per heavy atom. The van der Waals surface area contributed by atoms with Gasteiger partial charge in [0, 0.05) is 0 Å². The zero-order chi connectivity index (χ0) is 16.2. The molecule has 1 aromatic heterocycles. The normalized spacial score (nSPS) is 11.0. The third kappa shape index (κ3) is 3.41. The van der Waals surface area contributed by atoms with E-state index in [0.29, 0.717) is 5.58 Å². The second-order valence-corrected chi connectivity index (χ2v) is 7.98. The van der Waals surface area contributed by atoms with Crippen molar-refractivity contribution in [2.75, 3.05) is 0 Å². The summed E-state index contributed by atoms with van der Waals surface area (Å²) >= 11 is 0.139. The summed E-state index contributed by atoms with van der Waals surface area (Å²) in [4.78, 5) is 12.6. The zero-order valence-electron chi connectivity index (χ0n) is 13.5. The molecule has 0 aliphatic carbocycles. The van der Waals surface area contributed by atoms with E-state index >= 15 is 0 Å². The maximum absolute atomic E-state index is 12.6. The van der Waals surface area contributed by atoms with Crippen molar-refractivity contribution in [1.82, 2.24) is 0 Å². The summed E-state index contributed by atoms with van der Waals surface area (Å²) in [6.45, 7) is 4.25. The van der Waals surface area contributed by atoms with E-state index in [1.807, 2.05) is 30.3 Å². The molecule has 0 spiro atoms. The van der Waals surface area contributed by atoms with Crippen LogP contribution in [0, 0.1) is 6.92 Å². The van der Waals surface area contributed by atoms with E-state index in [4.69, 9.17) is 4.42 Å². The molecule has 2 aromatic carbocycles. The number of aryl methyl sites for hydroxylation is 1. The van der Waals surface area contributed by atoms with Crippen molar-refractivity contribution in [2.24, 2.45) is 0 Å². The first-order valence-electron chi connectivity index (χ1n) is 7.96. The molecule has 0 aliphatic heterocycles. The quantitative estimate of drug-likeness (QED) is 0.380. The third-order valence-electron chi connectivity index (χ3n) is 3.83. The van der Waals surface area contributed by atoms with Crippen LogP contribution in [0.1, 0.15) is 25.3 Å². The molecule has 3 heteroatoms. The average molecular weight is 371 g/mol. The molecule has 0 radical (unpaired) electrons. The Kier molecular flexibility index (Phi) is 5.00. The number of hydrogen-bond donors (Lipinski definition) is 0. The van der Waals surface area contributed by atoms with Crippen LogP contribution in [0.3, 0.4) is 0 Å². The van der Waals surface area contributed by atoms with Crippen molar-refractivity contribution in [3.8, 4) is 11.1 Å². The summed E-state index contributed by atoms with van der Waals surface area (Å²) < 4.78 is 6.47. The van der Waals surface area contributed by atoms with E-state index in [1.54, 1.807) is 0 Å². The second kappa shape index (κ2) is 7.16. The van der Waals surface area contributed by atoms with Crippen LogP contribution < -0.4 is 10.1 Å². The fraction of sp³-hybridized carbons (Fsp3) is 0.250. The van der Waals surface area contributed by atoms with Gasteiger partial charge in [-0.05, 0) is 0 Å². The molecule has 2 nitrogen and oxygen atoms in total. The van der Waals surface area contributed by atoms with Gasteiger partial charge in [0.05, 0.1) is 0 Å². The van der Waals surface area contributed by atoms with Gasteiger partial charge in [-0.1, -0.05) is 0 Å². The zero-order valence-corrected chi connectivity index (χ0v) is 15.2. The molecule has 0 aliphatic rings. The molecule has 118 valence electrons. The van der Waals surface area contributed by atoms with Gasteiger partial charge in [-0.15, -0.1) is 0 Å².